The maximum atomic E-state index is 12.5. The van der Waals surface area contributed by atoms with Gasteiger partial charge < -0.3 is 10.6 Å². The summed E-state index contributed by atoms with van der Waals surface area (Å²) >= 11 is 0. The molecule has 1 unspecified atom stereocenters. The first-order chi connectivity index (χ1) is 11.8. The van der Waals surface area contributed by atoms with Crippen molar-refractivity contribution in [3.8, 4) is 0 Å². The number of urea groups is 1. The van der Waals surface area contributed by atoms with Crippen LogP contribution in [0.2, 0.25) is 0 Å². The minimum absolute atomic E-state index is 0.130. The van der Waals surface area contributed by atoms with Crippen LogP contribution in [0.1, 0.15) is 49.6 Å². The molecule has 132 valence electrons. The predicted octanol–water partition coefficient (Wildman–Crippen LogP) is 3.53. The minimum atomic E-state index is -0.469. The first kappa shape index (κ1) is 17.3. The van der Waals surface area contributed by atoms with Gasteiger partial charge in [0.15, 0.2) is 0 Å². The van der Waals surface area contributed by atoms with Gasteiger partial charge in [0, 0.05) is 18.2 Å². The van der Waals surface area contributed by atoms with Crippen LogP contribution in [-0.2, 0) is 18.4 Å². The highest BCUT2D eigenvalue weighted by Gasteiger charge is 2.26. The standard InChI is InChI=1S/C20H26N4O/c1-13(2)14-6-5-7-16(10-14)20(3,4)23-19(25)22-17-9-8-15-12-21-24-18(15)11-17/h5-7,10,12,17H,1,8-9,11H2,2-4H3,(H,21,24)(H2,22,23,25). The highest BCUT2D eigenvalue weighted by Crippen LogP contribution is 2.24. The van der Waals surface area contributed by atoms with Gasteiger partial charge in [0.25, 0.3) is 0 Å². The van der Waals surface area contributed by atoms with E-state index in [4.69, 9.17) is 0 Å². The van der Waals surface area contributed by atoms with Gasteiger partial charge in [0.1, 0.15) is 0 Å². The van der Waals surface area contributed by atoms with Gasteiger partial charge in [-0.1, -0.05) is 30.4 Å². The quantitative estimate of drug-likeness (QED) is 0.798. The van der Waals surface area contributed by atoms with E-state index in [0.717, 1.165) is 41.7 Å². The molecule has 0 saturated heterocycles. The zero-order valence-electron chi connectivity index (χ0n) is 15.1. The molecule has 0 aliphatic heterocycles. The molecular formula is C20H26N4O. The average Bonchev–Trinajstić information content (AvgIpc) is 3.02. The second-order valence-corrected chi connectivity index (χ2v) is 7.40. The molecule has 2 aromatic rings. The monoisotopic (exact) mass is 338 g/mol. The number of nitrogens with one attached hydrogen (secondary N) is 3. The van der Waals surface area contributed by atoms with Crippen molar-refractivity contribution in [1.82, 2.24) is 20.8 Å². The zero-order valence-corrected chi connectivity index (χ0v) is 15.1. The number of H-pyrrole nitrogens is 1. The van der Waals surface area contributed by atoms with E-state index in [9.17, 15) is 4.79 Å². The van der Waals surface area contributed by atoms with E-state index in [0.29, 0.717) is 0 Å². The van der Waals surface area contributed by atoms with Crippen LogP contribution in [0, 0.1) is 0 Å². The normalized spacial score (nSPS) is 16.8. The van der Waals surface area contributed by atoms with Crippen molar-refractivity contribution < 1.29 is 4.79 Å². The fourth-order valence-corrected chi connectivity index (χ4v) is 3.28. The van der Waals surface area contributed by atoms with Gasteiger partial charge >= 0.3 is 6.03 Å². The molecule has 1 heterocycles. The van der Waals surface area contributed by atoms with Crippen molar-refractivity contribution >= 4 is 11.6 Å². The molecule has 1 aromatic carbocycles. The third-order valence-corrected chi connectivity index (χ3v) is 4.86. The Kier molecular flexibility index (Phi) is 4.66. The van der Waals surface area contributed by atoms with E-state index in [-0.39, 0.29) is 12.1 Å². The van der Waals surface area contributed by atoms with Gasteiger partial charge in [0.05, 0.1) is 11.7 Å². The number of allylic oxidation sites excluding steroid dienone is 1. The molecule has 1 atom stereocenters. The Hall–Kier alpha value is -2.56. The van der Waals surface area contributed by atoms with E-state index >= 15 is 0 Å². The molecule has 1 aliphatic carbocycles. The molecule has 3 rings (SSSR count). The Balaban J connectivity index is 1.64. The Morgan fingerprint density at radius 2 is 2.20 bits per heavy atom. The Morgan fingerprint density at radius 1 is 1.40 bits per heavy atom. The van der Waals surface area contributed by atoms with Crippen molar-refractivity contribution in [2.45, 2.75) is 51.6 Å². The number of carbonyl (C=O) groups is 1. The number of aromatic nitrogens is 2. The topological polar surface area (TPSA) is 69.8 Å². The number of benzene rings is 1. The van der Waals surface area contributed by atoms with Crippen LogP contribution in [0.25, 0.3) is 5.57 Å². The lowest BCUT2D eigenvalue weighted by molar-refractivity contribution is 0.224. The van der Waals surface area contributed by atoms with Crippen LogP contribution in [0.15, 0.2) is 37.0 Å². The molecule has 1 aliphatic rings. The van der Waals surface area contributed by atoms with Crippen molar-refractivity contribution in [1.29, 1.82) is 0 Å². The summed E-state index contributed by atoms with van der Waals surface area (Å²) in [6, 6.07) is 8.14. The maximum Gasteiger partial charge on any atom is 0.315 e. The summed E-state index contributed by atoms with van der Waals surface area (Å²) in [6.45, 7) is 10.0. The first-order valence-corrected chi connectivity index (χ1v) is 8.71. The molecule has 0 saturated carbocycles. The number of fused-ring (bicyclic) bond motifs is 1. The summed E-state index contributed by atoms with van der Waals surface area (Å²) in [5, 5.41) is 13.3. The highest BCUT2D eigenvalue weighted by atomic mass is 16.2. The van der Waals surface area contributed by atoms with Crippen LogP contribution in [0.5, 0.6) is 0 Å². The van der Waals surface area contributed by atoms with E-state index in [1.807, 2.05) is 45.2 Å². The first-order valence-electron chi connectivity index (χ1n) is 8.71. The largest absolute Gasteiger partial charge is 0.335 e. The van der Waals surface area contributed by atoms with Crippen LogP contribution in [0.4, 0.5) is 4.79 Å². The van der Waals surface area contributed by atoms with Gasteiger partial charge in [-0.25, -0.2) is 4.79 Å². The lowest BCUT2D eigenvalue weighted by atomic mass is 9.91. The molecule has 0 fully saturated rings. The lowest BCUT2D eigenvalue weighted by Gasteiger charge is -2.30. The zero-order chi connectivity index (χ0) is 18.0. The summed E-state index contributed by atoms with van der Waals surface area (Å²) in [5.41, 5.74) is 5.08. The molecule has 0 radical (unpaired) electrons. The SMILES string of the molecule is C=C(C)c1cccc(C(C)(C)NC(=O)NC2CCc3cn[nH]c3C2)c1. The number of carbonyl (C=O) groups excluding carboxylic acids is 1. The summed E-state index contributed by atoms with van der Waals surface area (Å²) in [6.07, 6.45) is 4.56. The number of rotatable bonds is 4. The Bertz CT molecular complexity index is 790. The van der Waals surface area contributed by atoms with E-state index in [1.54, 1.807) is 0 Å². The van der Waals surface area contributed by atoms with Crippen molar-refractivity contribution in [3.05, 3.63) is 59.4 Å². The van der Waals surface area contributed by atoms with E-state index < -0.39 is 5.54 Å². The Morgan fingerprint density at radius 3 is 2.96 bits per heavy atom. The third kappa shape index (κ3) is 3.92. The van der Waals surface area contributed by atoms with Gasteiger partial charge in [-0.3, -0.25) is 5.10 Å². The average molecular weight is 338 g/mol. The molecule has 5 nitrogen and oxygen atoms in total. The van der Waals surface area contributed by atoms with Gasteiger partial charge in [0.2, 0.25) is 0 Å². The smallest absolute Gasteiger partial charge is 0.315 e. The second kappa shape index (κ2) is 6.75. The predicted molar refractivity (Wildman–Crippen MR) is 100 cm³/mol. The van der Waals surface area contributed by atoms with Gasteiger partial charge in [-0.15, -0.1) is 0 Å². The van der Waals surface area contributed by atoms with E-state index in [1.165, 1.54) is 5.56 Å². The third-order valence-electron chi connectivity index (χ3n) is 4.86. The van der Waals surface area contributed by atoms with Crippen LogP contribution in [0.3, 0.4) is 0 Å². The van der Waals surface area contributed by atoms with E-state index in [2.05, 4.69) is 33.5 Å². The molecular weight excluding hydrogens is 312 g/mol. The number of aryl methyl sites for hydroxylation is 1. The molecule has 5 heteroatoms. The summed E-state index contributed by atoms with van der Waals surface area (Å²) in [5.74, 6) is 0. The minimum Gasteiger partial charge on any atom is -0.335 e. The lowest BCUT2D eigenvalue weighted by Crippen LogP contribution is -2.50. The fourth-order valence-electron chi connectivity index (χ4n) is 3.28. The fraction of sp³-hybridized carbons (Fsp3) is 0.400. The second-order valence-electron chi connectivity index (χ2n) is 7.40. The number of hydrogen-bond acceptors (Lipinski definition) is 2. The Labute approximate surface area is 148 Å². The van der Waals surface area contributed by atoms with Crippen LogP contribution >= 0.6 is 0 Å². The van der Waals surface area contributed by atoms with Crippen LogP contribution in [-0.4, -0.2) is 22.3 Å². The summed E-state index contributed by atoms with van der Waals surface area (Å²) in [4.78, 5) is 12.5. The summed E-state index contributed by atoms with van der Waals surface area (Å²) < 4.78 is 0. The molecule has 25 heavy (non-hydrogen) atoms. The van der Waals surface area contributed by atoms with Gasteiger partial charge in [-0.05, 0) is 56.4 Å². The molecule has 0 bridgehead atoms. The number of aromatic amines is 1. The van der Waals surface area contributed by atoms with Crippen molar-refractivity contribution in [3.63, 3.8) is 0 Å². The number of amides is 2. The maximum absolute atomic E-state index is 12.5. The summed E-state index contributed by atoms with van der Waals surface area (Å²) in [7, 11) is 0. The molecule has 2 amide bonds. The van der Waals surface area contributed by atoms with Crippen molar-refractivity contribution in [2.24, 2.45) is 0 Å². The van der Waals surface area contributed by atoms with Crippen molar-refractivity contribution in [2.75, 3.05) is 0 Å². The van der Waals surface area contributed by atoms with Gasteiger partial charge in [-0.2, -0.15) is 5.10 Å². The van der Waals surface area contributed by atoms with Crippen LogP contribution < -0.4 is 10.6 Å². The number of nitrogens with zero attached hydrogens (tertiary/aromatic N) is 1. The molecule has 3 N–H and O–H groups in total. The number of hydrogen-bond donors (Lipinski definition) is 3. The molecule has 0 spiro atoms. The molecule has 1 aromatic heterocycles. The highest BCUT2D eigenvalue weighted by molar-refractivity contribution is 5.75.